The molecular weight excluding hydrogens is 463 g/mol. The highest BCUT2D eigenvalue weighted by atomic mass is 35.5. The number of alkyl halides is 3. The van der Waals surface area contributed by atoms with Crippen molar-refractivity contribution in [3.05, 3.63) is 94.5 Å². The Bertz CT molecular complexity index is 1490. The molecule has 0 spiro atoms. The van der Waals surface area contributed by atoms with Gasteiger partial charge in [0.2, 0.25) is 15.4 Å². The smallest absolute Gasteiger partial charge is 0.416 e. The Labute approximate surface area is 186 Å². The third-order valence-corrected chi connectivity index (χ3v) is 6.70. The van der Waals surface area contributed by atoms with Gasteiger partial charge in [0, 0.05) is 10.4 Å². The van der Waals surface area contributed by atoms with E-state index in [-0.39, 0.29) is 26.6 Å². The van der Waals surface area contributed by atoms with Gasteiger partial charge in [0.05, 0.1) is 16.1 Å². The zero-order chi connectivity index (χ0) is 23.1. The van der Waals surface area contributed by atoms with Crippen molar-refractivity contribution in [1.29, 1.82) is 0 Å². The highest BCUT2D eigenvalue weighted by Gasteiger charge is 2.30. The minimum Gasteiger partial charge on any atom is -0.437 e. The van der Waals surface area contributed by atoms with Crippen LogP contribution in [-0.4, -0.2) is 8.42 Å². The summed E-state index contributed by atoms with van der Waals surface area (Å²) in [7, 11) is -4.10. The van der Waals surface area contributed by atoms with Gasteiger partial charge in [0.25, 0.3) is 0 Å². The predicted molar refractivity (Wildman–Crippen MR) is 115 cm³/mol. The van der Waals surface area contributed by atoms with Crippen LogP contribution in [0, 0.1) is 6.92 Å². The number of hydrogen-bond donors (Lipinski definition) is 0. The minimum atomic E-state index is -4.57. The lowest BCUT2D eigenvalue weighted by Gasteiger charge is -2.09. The first-order valence-corrected chi connectivity index (χ1v) is 11.2. The standard InChI is InChI=1S/C23H15ClF3NO3S/c1-14-5-8-19(9-6-14)32(29,30)21-12-15-11-17(24)7-10-20(15)31-22(21)28-18-4-2-3-16(13-18)23(25,26)27/h2-13H,1H3. The van der Waals surface area contributed by atoms with Crippen molar-refractivity contribution >= 4 is 38.1 Å². The summed E-state index contributed by atoms with van der Waals surface area (Å²) in [6.07, 6.45) is -4.57. The van der Waals surface area contributed by atoms with Gasteiger partial charge < -0.3 is 4.42 Å². The number of sulfone groups is 1. The topological polar surface area (TPSA) is 59.6 Å². The van der Waals surface area contributed by atoms with E-state index in [1.807, 2.05) is 6.92 Å². The van der Waals surface area contributed by atoms with E-state index < -0.39 is 21.6 Å². The molecule has 0 saturated heterocycles. The third kappa shape index (κ3) is 4.42. The Kier molecular flexibility index (Phi) is 5.60. The number of nitrogens with zero attached hydrogens (tertiary/aromatic N) is 1. The molecule has 0 unspecified atom stereocenters. The first-order chi connectivity index (χ1) is 15.0. The molecule has 1 aromatic heterocycles. The molecule has 0 aliphatic heterocycles. The van der Waals surface area contributed by atoms with Crippen molar-refractivity contribution in [2.24, 2.45) is 4.99 Å². The van der Waals surface area contributed by atoms with Crippen LogP contribution >= 0.6 is 11.6 Å². The highest BCUT2D eigenvalue weighted by molar-refractivity contribution is 7.91. The van der Waals surface area contributed by atoms with Crippen LogP contribution in [0.15, 0.2) is 92.0 Å². The third-order valence-electron chi connectivity index (χ3n) is 4.70. The molecule has 9 heteroatoms. The highest BCUT2D eigenvalue weighted by Crippen LogP contribution is 2.31. The average molecular weight is 478 g/mol. The number of rotatable bonds is 3. The van der Waals surface area contributed by atoms with Crippen molar-refractivity contribution in [2.75, 3.05) is 0 Å². The Morgan fingerprint density at radius 3 is 2.34 bits per heavy atom. The zero-order valence-corrected chi connectivity index (χ0v) is 18.1. The van der Waals surface area contributed by atoms with E-state index in [9.17, 15) is 21.6 Å². The number of hydrogen-bond acceptors (Lipinski definition) is 4. The molecule has 0 fully saturated rings. The SMILES string of the molecule is Cc1ccc(S(=O)(=O)c2cc3cc(Cl)ccc3oc2=Nc2cccc(C(F)(F)F)c2)cc1. The minimum absolute atomic E-state index is 0.000158. The van der Waals surface area contributed by atoms with Crippen LogP contribution in [0.25, 0.3) is 11.0 Å². The summed E-state index contributed by atoms with van der Waals surface area (Å²) in [6.45, 7) is 1.82. The summed E-state index contributed by atoms with van der Waals surface area (Å²) in [5, 5.41) is 0.778. The Morgan fingerprint density at radius 1 is 0.938 bits per heavy atom. The van der Waals surface area contributed by atoms with Crippen LogP contribution in [0.2, 0.25) is 5.02 Å². The van der Waals surface area contributed by atoms with Crippen LogP contribution in [0.1, 0.15) is 11.1 Å². The lowest BCUT2D eigenvalue weighted by atomic mass is 10.2. The normalized spacial score (nSPS) is 13.0. The molecular formula is C23H15ClF3NO3S. The molecule has 0 aliphatic carbocycles. The summed E-state index contributed by atoms with van der Waals surface area (Å²) in [4.78, 5) is 3.83. The van der Waals surface area contributed by atoms with E-state index in [0.29, 0.717) is 10.4 Å². The maximum atomic E-state index is 13.4. The molecule has 4 aromatic rings. The lowest BCUT2D eigenvalue weighted by Crippen LogP contribution is -2.16. The summed E-state index contributed by atoms with van der Waals surface area (Å²) in [5.41, 5.74) is -0.193. The van der Waals surface area contributed by atoms with Gasteiger partial charge in [-0.1, -0.05) is 35.4 Å². The quantitative estimate of drug-likeness (QED) is 0.339. The molecule has 0 radical (unpaired) electrons. The molecule has 4 rings (SSSR count). The van der Waals surface area contributed by atoms with Crippen molar-refractivity contribution in [3.63, 3.8) is 0 Å². The van der Waals surface area contributed by atoms with Crippen LogP contribution < -0.4 is 5.55 Å². The average Bonchev–Trinajstić information content (AvgIpc) is 2.73. The van der Waals surface area contributed by atoms with Gasteiger partial charge in [-0.05, 0) is 61.5 Å². The second kappa shape index (κ2) is 8.11. The molecule has 0 bridgehead atoms. The second-order valence-electron chi connectivity index (χ2n) is 7.07. The fourth-order valence-electron chi connectivity index (χ4n) is 3.07. The van der Waals surface area contributed by atoms with E-state index in [4.69, 9.17) is 16.0 Å². The summed E-state index contributed by atoms with van der Waals surface area (Å²) < 4.78 is 71.8. The molecule has 4 nitrogen and oxygen atoms in total. The first-order valence-electron chi connectivity index (χ1n) is 9.31. The van der Waals surface area contributed by atoms with E-state index in [1.54, 1.807) is 18.2 Å². The summed E-state index contributed by atoms with van der Waals surface area (Å²) in [6, 6.07) is 16.4. The molecule has 32 heavy (non-hydrogen) atoms. The molecule has 0 N–H and O–H groups in total. The molecule has 1 heterocycles. The molecule has 3 aromatic carbocycles. The first kappa shape index (κ1) is 22.1. The number of benzene rings is 3. The van der Waals surface area contributed by atoms with E-state index >= 15 is 0 Å². The van der Waals surface area contributed by atoms with Crippen molar-refractivity contribution < 1.29 is 26.0 Å². The Morgan fingerprint density at radius 2 is 1.66 bits per heavy atom. The largest absolute Gasteiger partial charge is 0.437 e. The van der Waals surface area contributed by atoms with Gasteiger partial charge >= 0.3 is 6.18 Å². The van der Waals surface area contributed by atoms with Crippen LogP contribution in [0.5, 0.6) is 0 Å². The van der Waals surface area contributed by atoms with E-state index in [0.717, 1.165) is 17.7 Å². The van der Waals surface area contributed by atoms with Gasteiger partial charge in [-0.25, -0.2) is 13.4 Å². The van der Waals surface area contributed by atoms with Gasteiger partial charge in [0.15, 0.2) is 0 Å². The number of aryl methyl sites for hydroxylation is 1. The van der Waals surface area contributed by atoms with Crippen molar-refractivity contribution in [3.8, 4) is 0 Å². The van der Waals surface area contributed by atoms with E-state index in [2.05, 4.69) is 4.99 Å². The number of halogens is 4. The predicted octanol–water partition coefficient (Wildman–Crippen LogP) is 6.48. The summed E-state index contributed by atoms with van der Waals surface area (Å²) in [5.74, 6) is 0. The van der Waals surface area contributed by atoms with Crippen LogP contribution in [-0.2, 0) is 16.0 Å². The van der Waals surface area contributed by atoms with Crippen LogP contribution in [0.3, 0.4) is 0 Å². The molecule has 164 valence electrons. The molecule has 0 atom stereocenters. The fourth-order valence-corrected chi connectivity index (χ4v) is 4.59. The van der Waals surface area contributed by atoms with Gasteiger partial charge in [0.1, 0.15) is 10.5 Å². The van der Waals surface area contributed by atoms with Gasteiger partial charge in [-0.2, -0.15) is 13.2 Å². The maximum Gasteiger partial charge on any atom is 0.416 e. The van der Waals surface area contributed by atoms with Crippen molar-refractivity contribution in [2.45, 2.75) is 22.9 Å². The zero-order valence-electron chi connectivity index (χ0n) is 16.5. The lowest BCUT2D eigenvalue weighted by molar-refractivity contribution is -0.137. The second-order valence-corrected chi connectivity index (χ2v) is 9.43. The maximum absolute atomic E-state index is 13.4. The number of fused-ring (bicyclic) bond motifs is 1. The van der Waals surface area contributed by atoms with Gasteiger partial charge in [-0.15, -0.1) is 0 Å². The Balaban J connectivity index is 2.01. The summed E-state index contributed by atoms with van der Waals surface area (Å²) >= 11 is 6.03. The molecule has 0 aliphatic rings. The van der Waals surface area contributed by atoms with Gasteiger partial charge in [-0.3, -0.25) is 0 Å². The molecule has 0 amide bonds. The Hall–Kier alpha value is -3.10. The fraction of sp³-hybridized carbons (Fsp3) is 0.0870. The monoisotopic (exact) mass is 477 g/mol. The molecule has 0 saturated carbocycles. The van der Waals surface area contributed by atoms with Crippen LogP contribution in [0.4, 0.5) is 18.9 Å². The van der Waals surface area contributed by atoms with E-state index in [1.165, 1.54) is 42.5 Å². The van der Waals surface area contributed by atoms with Crippen molar-refractivity contribution in [1.82, 2.24) is 0 Å².